The third-order valence-electron chi connectivity index (χ3n) is 3.54. The van der Waals surface area contributed by atoms with Gasteiger partial charge in [-0.15, -0.1) is 0 Å². The quantitative estimate of drug-likeness (QED) is 0.631. The lowest BCUT2D eigenvalue weighted by molar-refractivity contribution is -0.144. The Morgan fingerprint density at radius 2 is 2.16 bits per heavy atom. The number of esters is 1. The SMILES string of the molecule is CCOC(=O)Cn1nc(C)c(Cl)c1-c1nsc(-c2cccc(C)c2)n1. The Morgan fingerprint density at radius 1 is 1.36 bits per heavy atom. The van der Waals surface area contributed by atoms with Gasteiger partial charge in [0.05, 0.1) is 17.3 Å². The fourth-order valence-electron chi connectivity index (χ4n) is 2.43. The van der Waals surface area contributed by atoms with Crippen molar-refractivity contribution in [3.05, 3.63) is 40.5 Å². The van der Waals surface area contributed by atoms with Crippen LogP contribution in [0.4, 0.5) is 0 Å². The smallest absolute Gasteiger partial charge is 0.327 e. The molecule has 0 fully saturated rings. The molecule has 0 unspecified atom stereocenters. The van der Waals surface area contributed by atoms with Gasteiger partial charge in [-0.05, 0) is 38.4 Å². The molecule has 130 valence electrons. The number of aryl methyl sites for hydroxylation is 2. The fourth-order valence-corrected chi connectivity index (χ4v) is 3.31. The van der Waals surface area contributed by atoms with E-state index in [1.165, 1.54) is 16.2 Å². The molecule has 6 nitrogen and oxygen atoms in total. The molecular formula is C17H17ClN4O2S. The molecule has 0 bridgehead atoms. The van der Waals surface area contributed by atoms with Crippen LogP contribution in [-0.4, -0.2) is 31.7 Å². The minimum absolute atomic E-state index is 0.0320. The zero-order chi connectivity index (χ0) is 18.0. The summed E-state index contributed by atoms with van der Waals surface area (Å²) < 4.78 is 10.9. The molecule has 3 rings (SSSR count). The van der Waals surface area contributed by atoms with Gasteiger partial charge in [0.1, 0.15) is 17.2 Å². The number of ether oxygens (including phenoxy) is 1. The highest BCUT2D eigenvalue weighted by atomic mass is 35.5. The maximum atomic E-state index is 11.8. The van der Waals surface area contributed by atoms with Crippen molar-refractivity contribution < 1.29 is 9.53 Å². The lowest BCUT2D eigenvalue weighted by Crippen LogP contribution is -2.15. The first kappa shape index (κ1) is 17.6. The van der Waals surface area contributed by atoms with E-state index in [0.717, 1.165) is 16.1 Å². The number of halogens is 1. The van der Waals surface area contributed by atoms with Gasteiger partial charge in [0, 0.05) is 5.56 Å². The summed E-state index contributed by atoms with van der Waals surface area (Å²) in [5.41, 5.74) is 3.29. The molecule has 3 aromatic rings. The highest BCUT2D eigenvalue weighted by molar-refractivity contribution is 7.09. The van der Waals surface area contributed by atoms with E-state index < -0.39 is 0 Å². The Labute approximate surface area is 154 Å². The van der Waals surface area contributed by atoms with Crippen LogP contribution in [0, 0.1) is 13.8 Å². The van der Waals surface area contributed by atoms with Crippen LogP contribution >= 0.6 is 23.1 Å². The van der Waals surface area contributed by atoms with Crippen molar-refractivity contribution in [2.75, 3.05) is 6.61 Å². The first-order chi connectivity index (χ1) is 12.0. The van der Waals surface area contributed by atoms with E-state index in [2.05, 4.69) is 14.5 Å². The lowest BCUT2D eigenvalue weighted by Gasteiger charge is -2.05. The number of aromatic nitrogens is 4. The maximum absolute atomic E-state index is 11.8. The second-order valence-electron chi connectivity index (χ2n) is 5.50. The minimum Gasteiger partial charge on any atom is -0.465 e. The Balaban J connectivity index is 1.98. The van der Waals surface area contributed by atoms with Crippen LogP contribution in [-0.2, 0) is 16.1 Å². The van der Waals surface area contributed by atoms with E-state index in [9.17, 15) is 4.79 Å². The molecule has 0 saturated carbocycles. The summed E-state index contributed by atoms with van der Waals surface area (Å²) in [5, 5.41) is 5.54. The van der Waals surface area contributed by atoms with Crippen molar-refractivity contribution >= 4 is 29.1 Å². The Kier molecular flexibility index (Phi) is 5.15. The van der Waals surface area contributed by atoms with Crippen LogP contribution < -0.4 is 0 Å². The summed E-state index contributed by atoms with van der Waals surface area (Å²) in [6.45, 7) is 5.85. The number of carbonyl (C=O) groups excluding carboxylic acids is 1. The molecule has 2 aromatic heterocycles. The van der Waals surface area contributed by atoms with Gasteiger partial charge in [-0.3, -0.25) is 4.79 Å². The zero-order valence-corrected chi connectivity index (χ0v) is 15.7. The van der Waals surface area contributed by atoms with E-state index in [1.54, 1.807) is 13.8 Å². The van der Waals surface area contributed by atoms with Crippen molar-refractivity contribution in [2.24, 2.45) is 0 Å². The molecule has 0 aliphatic carbocycles. The van der Waals surface area contributed by atoms with Crippen molar-refractivity contribution in [3.63, 3.8) is 0 Å². The highest BCUT2D eigenvalue weighted by Crippen LogP contribution is 2.32. The van der Waals surface area contributed by atoms with Gasteiger partial charge in [0.15, 0.2) is 5.82 Å². The first-order valence-corrected chi connectivity index (χ1v) is 8.94. The van der Waals surface area contributed by atoms with Crippen molar-refractivity contribution in [1.82, 2.24) is 19.1 Å². The Bertz CT molecular complexity index is 919. The molecule has 0 saturated heterocycles. The topological polar surface area (TPSA) is 69.9 Å². The van der Waals surface area contributed by atoms with Crippen LogP contribution in [0.2, 0.25) is 5.02 Å². The van der Waals surface area contributed by atoms with Crippen LogP contribution in [0.5, 0.6) is 0 Å². The van der Waals surface area contributed by atoms with Gasteiger partial charge in [0.25, 0.3) is 0 Å². The van der Waals surface area contributed by atoms with E-state index >= 15 is 0 Å². The van der Waals surface area contributed by atoms with Crippen LogP contribution in [0.25, 0.3) is 22.1 Å². The zero-order valence-electron chi connectivity index (χ0n) is 14.1. The van der Waals surface area contributed by atoms with Crippen molar-refractivity contribution in [1.29, 1.82) is 0 Å². The predicted molar refractivity (Wildman–Crippen MR) is 97.7 cm³/mol. The van der Waals surface area contributed by atoms with Crippen molar-refractivity contribution in [3.8, 4) is 22.1 Å². The summed E-state index contributed by atoms with van der Waals surface area (Å²) in [6, 6.07) is 8.04. The third kappa shape index (κ3) is 3.72. The summed E-state index contributed by atoms with van der Waals surface area (Å²) in [5.74, 6) is 0.0773. The average molecular weight is 377 g/mol. The molecule has 0 atom stereocenters. The highest BCUT2D eigenvalue weighted by Gasteiger charge is 2.21. The maximum Gasteiger partial charge on any atom is 0.327 e. The molecule has 0 spiro atoms. The van der Waals surface area contributed by atoms with Gasteiger partial charge in [0.2, 0.25) is 0 Å². The van der Waals surface area contributed by atoms with E-state index in [-0.39, 0.29) is 12.5 Å². The number of benzene rings is 1. The molecule has 0 amide bonds. The average Bonchev–Trinajstić information content (AvgIpc) is 3.13. The second kappa shape index (κ2) is 7.33. The molecule has 0 N–H and O–H groups in total. The lowest BCUT2D eigenvalue weighted by atomic mass is 10.1. The molecule has 8 heteroatoms. The van der Waals surface area contributed by atoms with Crippen LogP contribution in [0.3, 0.4) is 0 Å². The molecule has 0 aliphatic rings. The number of rotatable bonds is 5. The summed E-state index contributed by atoms with van der Waals surface area (Å²) in [6.07, 6.45) is 0. The standard InChI is InChI=1S/C17H17ClN4O2S/c1-4-24-13(23)9-22-15(14(18)11(3)20-22)16-19-17(25-21-16)12-7-5-6-10(2)8-12/h5-8H,4,9H2,1-3H3. The summed E-state index contributed by atoms with van der Waals surface area (Å²) in [4.78, 5) is 16.4. The summed E-state index contributed by atoms with van der Waals surface area (Å²) >= 11 is 7.66. The number of hydrogen-bond donors (Lipinski definition) is 0. The number of hydrogen-bond acceptors (Lipinski definition) is 6. The largest absolute Gasteiger partial charge is 0.465 e. The number of nitrogens with zero attached hydrogens (tertiary/aromatic N) is 4. The van der Waals surface area contributed by atoms with E-state index in [0.29, 0.717) is 28.8 Å². The molecule has 2 heterocycles. The Morgan fingerprint density at radius 3 is 2.88 bits per heavy atom. The van der Waals surface area contributed by atoms with Gasteiger partial charge >= 0.3 is 5.97 Å². The minimum atomic E-state index is -0.378. The molecular weight excluding hydrogens is 360 g/mol. The fraction of sp³-hybridized carbons (Fsp3) is 0.294. The van der Waals surface area contributed by atoms with Gasteiger partial charge in [-0.1, -0.05) is 35.4 Å². The predicted octanol–water partition coefficient (Wildman–Crippen LogP) is 3.90. The summed E-state index contributed by atoms with van der Waals surface area (Å²) in [7, 11) is 0. The van der Waals surface area contributed by atoms with Crippen molar-refractivity contribution in [2.45, 2.75) is 27.3 Å². The third-order valence-corrected chi connectivity index (χ3v) is 4.76. The van der Waals surface area contributed by atoms with Gasteiger partial charge in [-0.2, -0.15) is 9.47 Å². The van der Waals surface area contributed by atoms with Gasteiger partial charge in [-0.25, -0.2) is 9.67 Å². The first-order valence-electron chi connectivity index (χ1n) is 7.79. The monoisotopic (exact) mass is 376 g/mol. The molecule has 25 heavy (non-hydrogen) atoms. The van der Waals surface area contributed by atoms with Crippen LogP contribution in [0.15, 0.2) is 24.3 Å². The van der Waals surface area contributed by atoms with E-state index in [1.807, 2.05) is 31.2 Å². The molecule has 0 radical (unpaired) electrons. The normalized spacial score (nSPS) is 10.9. The molecule has 1 aromatic carbocycles. The molecule has 0 aliphatic heterocycles. The Hall–Kier alpha value is -2.25. The second-order valence-corrected chi connectivity index (χ2v) is 6.63. The number of carbonyl (C=O) groups is 1. The van der Waals surface area contributed by atoms with Gasteiger partial charge < -0.3 is 4.74 Å². The van der Waals surface area contributed by atoms with E-state index in [4.69, 9.17) is 16.3 Å². The van der Waals surface area contributed by atoms with Crippen LogP contribution in [0.1, 0.15) is 18.2 Å².